The van der Waals surface area contributed by atoms with Crippen LogP contribution in [0.15, 0.2) is 29.4 Å². The lowest BCUT2D eigenvalue weighted by Gasteiger charge is -2.47. The van der Waals surface area contributed by atoms with Crippen molar-refractivity contribution in [2.24, 2.45) is 0 Å². The Hall–Kier alpha value is -4.53. The van der Waals surface area contributed by atoms with Crippen molar-refractivity contribution in [3.8, 4) is 17.1 Å². The van der Waals surface area contributed by atoms with Crippen LogP contribution in [0.5, 0.6) is 5.88 Å². The Morgan fingerprint density at radius 2 is 1.85 bits per heavy atom. The second-order valence-corrected chi connectivity index (χ2v) is 13.7. The van der Waals surface area contributed by atoms with E-state index in [2.05, 4.69) is 15.3 Å². The number of thioether (sulfide) groups is 1. The Kier molecular flexibility index (Phi) is 7.30. The minimum Gasteiger partial charge on any atom is -0.472 e. The number of halogens is 3. The molecule has 246 valence electrons. The van der Waals surface area contributed by atoms with Crippen LogP contribution in [-0.2, 0) is 4.74 Å². The van der Waals surface area contributed by atoms with Crippen molar-refractivity contribution < 1.29 is 37.3 Å². The molecule has 4 unspecified atom stereocenters. The van der Waals surface area contributed by atoms with Crippen molar-refractivity contribution in [3.05, 3.63) is 41.7 Å². The van der Waals surface area contributed by atoms with Crippen LogP contribution < -0.4 is 15.0 Å². The molecule has 0 radical (unpaired) electrons. The number of amides is 2. The molecule has 2 amide bonds. The highest BCUT2D eigenvalue weighted by Crippen LogP contribution is 2.47. The Balaban J connectivity index is 1.46. The second-order valence-electron chi connectivity index (χ2n) is 12.9. The smallest absolute Gasteiger partial charge is 0.412 e. The highest BCUT2D eigenvalue weighted by Gasteiger charge is 2.53. The van der Waals surface area contributed by atoms with Crippen LogP contribution in [0.1, 0.15) is 40.5 Å². The summed E-state index contributed by atoms with van der Waals surface area (Å²) in [5, 5.41) is 13.0. The van der Waals surface area contributed by atoms with Gasteiger partial charge in [-0.3, -0.25) is 10.2 Å². The summed E-state index contributed by atoms with van der Waals surface area (Å²) in [5.74, 6) is -2.97. The number of hydrogen-bond donors (Lipinski definition) is 2. The van der Waals surface area contributed by atoms with Gasteiger partial charge in [-0.05, 0) is 70.4 Å². The van der Waals surface area contributed by atoms with Crippen LogP contribution in [0, 0.1) is 17.5 Å². The highest BCUT2D eigenvalue weighted by atomic mass is 32.2. The fourth-order valence-corrected chi connectivity index (χ4v) is 7.42. The molecular weight excluding hydrogens is 637 g/mol. The third kappa shape index (κ3) is 5.11. The number of fused-ring (bicyclic) bond motifs is 6. The molecule has 4 aromatic rings. The Bertz CT molecular complexity index is 1990. The molecule has 0 saturated carbocycles. The number of rotatable bonds is 3. The molecule has 5 heterocycles. The van der Waals surface area contributed by atoms with Crippen molar-refractivity contribution in [1.29, 1.82) is 0 Å². The summed E-state index contributed by atoms with van der Waals surface area (Å²) in [6, 6.07) is 3.82. The first-order valence-electron chi connectivity index (χ1n) is 15.1. The van der Waals surface area contributed by atoms with Crippen LogP contribution in [0.25, 0.3) is 32.9 Å². The molecule has 0 spiro atoms. The lowest BCUT2D eigenvalue weighted by Crippen LogP contribution is -2.64. The molecule has 47 heavy (non-hydrogen) atoms. The van der Waals surface area contributed by atoms with Crippen molar-refractivity contribution in [2.75, 3.05) is 23.0 Å². The van der Waals surface area contributed by atoms with Gasteiger partial charge in [0, 0.05) is 23.2 Å². The monoisotopic (exact) mass is 668 g/mol. The van der Waals surface area contributed by atoms with Gasteiger partial charge in [0.25, 0.3) is 0 Å². The number of ether oxygens (including phenoxy) is 2. The standard InChI is InChI=1S/C32H31F3N6O5S/c1-13-26-19-9-7-16(41(19)31(43)44)12-40(26)27-21-25(38-29(39-27)47-5)23(35)24(37-28(21)45-13)17-11-15(36-30(42)46-32(2,3)4)10-14-6-8-18(33)22(34)20(14)17/h6,8,10-11,13,16,19,26H,7,9,12H2,1-5H3,(H,36,42)(H,43,44). The summed E-state index contributed by atoms with van der Waals surface area (Å²) >= 11 is 1.19. The fraction of sp³-hybridized carbons (Fsp3) is 0.406. The summed E-state index contributed by atoms with van der Waals surface area (Å²) in [5.41, 5.74) is -1.37. The van der Waals surface area contributed by atoms with Gasteiger partial charge in [0.1, 0.15) is 34.1 Å². The number of nitrogens with one attached hydrogen (secondary N) is 1. The number of nitrogens with zero attached hydrogens (tertiary/aromatic N) is 5. The van der Waals surface area contributed by atoms with E-state index in [9.17, 15) is 19.1 Å². The first-order valence-corrected chi connectivity index (χ1v) is 16.3. The average molecular weight is 669 g/mol. The maximum Gasteiger partial charge on any atom is 0.412 e. The molecule has 3 aliphatic rings. The van der Waals surface area contributed by atoms with Crippen molar-refractivity contribution >= 4 is 57.1 Å². The molecule has 2 fully saturated rings. The van der Waals surface area contributed by atoms with Crippen LogP contribution >= 0.6 is 11.8 Å². The fourth-order valence-electron chi connectivity index (χ4n) is 7.06. The quantitative estimate of drug-likeness (QED) is 0.177. The van der Waals surface area contributed by atoms with Gasteiger partial charge in [-0.15, -0.1) is 0 Å². The maximum atomic E-state index is 16.9. The summed E-state index contributed by atoms with van der Waals surface area (Å²) in [7, 11) is 0. The molecule has 2 N–H and O–H groups in total. The van der Waals surface area contributed by atoms with Gasteiger partial charge in [-0.1, -0.05) is 17.8 Å². The topological polar surface area (TPSA) is 130 Å². The second kappa shape index (κ2) is 11.0. The zero-order chi connectivity index (χ0) is 33.5. The zero-order valence-corrected chi connectivity index (χ0v) is 26.9. The maximum absolute atomic E-state index is 16.9. The summed E-state index contributed by atoms with van der Waals surface area (Å²) in [6.45, 7) is 7.18. The molecule has 2 aromatic carbocycles. The molecule has 2 bridgehead atoms. The highest BCUT2D eigenvalue weighted by molar-refractivity contribution is 7.98. The summed E-state index contributed by atoms with van der Waals surface area (Å²) in [6.07, 6.45) is 0.578. The van der Waals surface area contributed by atoms with Gasteiger partial charge in [-0.2, -0.15) is 0 Å². The first kappa shape index (κ1) is 31.1. The van der Waals surface area contributed by atoms with Gasteiger partial charge < -0.3 is 19.5 Å². The van der Waals surface area contributed by atoms with Gasteiger partial charge in [0.15, 0.2) is 22.6 Å². The van der Waals surface area contributed by atoms with Crippen LogP contribution in [-0.4, -0.2) is 79.8 Å². The number of carboxylic acid groups (broad SMARTS) is 1. The number of carbonyl (C=O) groups is 2. The number of pyridine rings is 1. The minimum atomic E-state index is -1.22. The first-order chi connectivity index (χ1) is 22.3. The van der Waals surface area contributed by atoms with E-state index >= 15 is 8.78 Å². The molecule has 2 aromatic heterocycles. The summed E-state index contributed by atoms with van der Waals surface area (Å²) < 4.78 is 58.9. The largest absolute Gasteiger partial charge is 0.472 e. The third-order valence-electron chi connectivity index (χ3n) is 8.78. The SMILES string of the molecule is CSc1nc2c3c(nc(-c4cc(NC(=O)OC(C)(C)C)cc5ccc(F)c(F)c45)c(F)c3n1)OC(C)C1C3CCC(CN21)N3C(=O)O. The summed E-state index contributed by atoms with van der Waals surface area (Å²) in [4.78, 5) is 42.2. The van der Waals surface area contributed by atoms with E-state index in [0.717, 1.165) is 6.07 Å². The lowest BCUT2D eigenvalue weighted by molar-refractivity contribution is 0.0634. The van der Waals surface area contributed by atoms with Crippen LogP contribution in [0.4, 0.5) is 34.3 Å². The average Bonchev–Trinajstić information content (AvgIpc) is 3.25. The van der Waals surface area contributed by atoms with Gasteiger partial charge in [-0.25, -0.2) is 37.7 Å². The Labute approximate surface area is 271 Å². The van der Waals surface area contributed by atoms with Crippen molar-refractivity contribution in [3.63, 3.8) is 0 Å². The normalized spacial score (nSPS) is 21.8. The lowest BCUT2D eigenvalue weighted by atomic mass is 9.98. The molecule has 3 aliphatic heterocycles. The number of anilines is 2. The van der Waals surface area contributed by atoms with E-state index in [4.69, 9.17) is 14.5 Å². The number of benzene rings is 2. The van der Waals surface area contributed by atoms with E-state index in [1.165, 1.54) is 34.9 Å². The van der Waals surface area contributed by atoms with Crippen molar-refractivity contribution in [1.82, 2.24) is 19.9 Å². The predicted octanol–water partition coefficient (Wildman–Crippen LogP) is 6.81. The van der Waals surface area contributed by atoms with E-state index in [1.807, 2.05) is 4.90 Å². The van der Waals surface area contributed by atoms with Crippen molar-refractivity contribution in [2.45, 2.75) is 75.5 Å². The zero-order valence-electron chi connectivity index (χ0n) is 26.1. The van der Waals surface area contributed by atoms with E-state index < -0.39 is 53.4 Å². The number of piperazine rings is 1. The minimum absolute atomic E-state index is 0.0332. The number of carbonyl (C=O) groups excluding carboxylic acids is 1. The van der Waals surface area contributed by atoms with Gasteiger partial charge in [0.2, 0.25) is 5.88 Å². The Morgan fingerprint density at radius 1 is 1.09 bits per heavy atom. The van der Waals surface area contributed by atoms with E-state index in [0.29, 0.717) is 25.2 Å². The molecule has 0 aliphatic carbocycles. The molecule has 7 rings (SSSR count). The molecular formula is C32H31F3N6O5S. The van der Waals surface area contributed by atoms with Gasteiger partial charge >= 0.3 is 12.2 Å². The molecule has 11 nitrogen and oxygen atoms in total. The third-order valence-corrected chi connectivity index (χ3v) is 9.33. The molecule has 2 saturated heterocycles. The van der Waals surface area contributed by atoms with E-state index in [-0.39, 0.29) is 55.7 Å². The van der Waals surface area contributed by atoms with E-state index in [1.54, 1.807) is 34.0 Å². The predicted molar refractivity (Wildman–Crippen MR) is 170 cm³/mol. The number of hydrogen-bond acceptors (Lipinski definition) is 9. The number of aromatic nitrogens is 3. The van der Waals surface area contributed by atoms with Gasteiger partial charge in [0.05, 0.1) is 18.1 Å². The van der Waals surface area contributed by atoms with Crippen LogP contribution in [0.2, 0.25) is 0 Å². The van der Waals surface area contributed by atoms with Crippen LogP contribution in [0.3, 0.4) is 0 Å². The Morgan fingerprint density at radius 3 is 2.55 bits per heavy atom. The molecule has 15 heteroatoms. The molecule has 4 atom stereocenters.